The van der Waals surface area contributed by atoms with E-state index in [2.05, 4.69) is 36.7 Å². The van der Waals surface area contributed by atoms with Gasteiger partial charge in [0.2, 0.25) is 0 Å². The zero-order valence-electron chi connectivity index (χ0n) is 8.57. The van der Waals surface area contributed by atoms with E-state index in [4.69, 9.17) is 0 Å². The van der Waals surface area contributed by atoms with Crippen molar-refractivity contribution in [3.05, 3.63) is 0 Å². The molecule has 0 aromatic carbocycles. The molecule has 1 fully saturated rings. The van der Waals surface area contributed by atoms with Crippen molar-refractivity contribution in [2.24, 2.45) is 17.3 Å². The lowest BCUT2D eigenvalue weighted by Crippen LogP contribution is -2.08. The van der Waals surface area contributed by atoms with E-state index in [9.17, 15) is 0 Å². The predicted octanol–water partition coefficient (Wildman–Crippen LogP) is 4.23. The molecule has 0 aromatic rings. The van der Waals surface area contributed by atoms with Gasteiger partial charge in [0.1, 0.15) is 0 Å². The van der Waals surface area contributed by atoms with E-state index in [1.165, 1.54) is 31.0 Å². The molecule has 0 saturated heterocycles. The molecule has 3 atom stereocenters. The minimum absolute atomic E-state index is 0.735. The standard InChI is InChI=1S/C11H21Br/c1-4-9(3)6-11(5-2)7-10(11)8-12/h9-10H,4-8H2,1-3H3. The molecule has 0 N–H and O–H groups in total. The molecule has 1 heteroatoms. The highest BCUT2D eigenvalue weighted by Crippen LogP contribution is 2.59. The summed E-state index contributed by atoms with van der Waals surface area (Å²) >= 11 is 3.60. The first kappa shape index (κ1) is 10.6. The minimum Gasteiger partial charge on any atom is -0.0925 e. The van der Waals surface area contributed by atoms with Crippen LogP contribution in [0, 0.1) is 17.3 Å². The summed E-state index contributed by atoms with van der Waals surface area (Å²) in [5.41, 5.74) is 0.735. The molecule has 1 rings (SSSR count). The van der Waals surface area contributed by atoms with Crippen molar-refractivity contribution in [1.82, 2.24) is 0 Å². The first-order chi connectivity index (χ1) is 5.68. The Morgan fingerprint density at radius 2 is 2.17 bits per heavy atom. The summed E-state index contributed by atoms with van der Waals surface area (Å²) in [4.78, 5) is 0. The molecule has 3 unspecified atom stereocenters. The van der Waals surface area contributed by atoms with Gasteiger partial charge in [0.05, 0.1) is 0 Å². The molecule has 0 aromatic heterocycles. The Morgan fingerprint density at radius 1 is 1.50 bits per heavy atom. The molecular formula is C11H21Br. The summed E-state index contributed by atoms with van der Waals surface area (Å²) in [6, 6.07) is 0. The Hall–Kier alpha value is 0.480. The SMILES string of the molecule is CCC(C)CC1(CC)CC1CBr. The molecule has 1 saturated carbocycles. The van der Waals surface area contributed by atoms with Crippen molar-refractivity contribution >= 4 is 15.9 Å². The van der Waals surface area contributed by atoms with Gasteiger partial charge in [0.15, 0.2) is 0 Å². The van der Waals surface area contributed by atoms with E-state index in [-0.39, 0.29) is 0 Å². The Balaban J connectivity index is 2.38. The van der Waals surface area contributed by atoms with Gasteiger partial charge in [0.25, 0.3) is 0 Å². The number of hydrogen-bond acceptors (Lipinski definition) is 0. The number of halogens is 1. The molecule has 1 aliphatic carbocycles. The van der Waals surface area contributed by atoms with Gasteiger partial charge in [0, 0.05) is 5.33 Å². The largest absolute Gasteiger partial charge is 0.0925 e. The number of alkyl halides is 1. The van der Waals surface area contributed by atoms with Crippen LogP contribution in [0.2, 0.25) is 0 Å². The van der Waals surface area contributed by atoms with E-state index in [1.54, 1.807) is 0 Å². The Bertz CT molecular complexity index is 144. The van der Waals surface area contributed by atoms with Crippen LogP contribution in [0.4, 0.5) is 0 Å². The fraction of sp³-hybridized carbons (Fsp3) is 1.00. The van der Waals surface area contributed by atoms with Crippen LogP contribution in [-0.4, -0.2) is 5.33 Å². The summed E-state index contributed by atoms with van der Waals surface area (Å²) in [5.74, 6) is 1.91. The smallest absolute Gasteiger partial charge is 0.00651 e. The molecule has 0 heterocycles. The molecule has 1 aliphatic rings. The van der Waals surface area contributed by atoms with E-state index in [0.717, 1.165) is 17.3 Å². The highest BCUT2D eigenvalue weighted by Gasteiger charge is 2.51. The van der Waals surface area contributed by atoms with Gasteiger partial charge < -0.3 is 0 Å². The summed E-state index contributed by atoms with van der Waals surface area (Å²) < 4.78 is 0. The Morgan fingerprint density at radius 3 is 2.50 bits per heavy atom. The predicted molar refractivity (Wildman–Crippen MR) is 58.7 cm³/mol. The van der Waals surface area contributed by atoms with E-state index < -0.39 is 0 Å². The molecule has 72 valence electrons. The zero-order valence-corrected chi connectivity index (χ0v) is 10.2. The molecule has 0 amide bonds. The third kappa shape index (κ3) is 2.04. The first-order valence-electron chi connectivity index (χ1n) is 5.24. The topological polar surface area (TPSA) is 0 Å². The zero-order chi connectivity index (χ0) is 9.19. The molecule has 0 nitrogen and oxygen atoms in total. The van der Waals surface area contributed by atoms with Gasteiger partial charge in [-0.25, -0.2) is 0 Å². The molecule has 12 heavy (non-hydrogen) atoms. The molecular weight excluding hydrogens is 212 g/mol. The van der Waals surface area contributed by atoms with Crippen molar-refractivity contribution in [2.45, 2.75) is 46.5 Å². The van der Waals surface area contributed by atoms with Crippen molar-refractivity contribution in [3.63, 3.8) is 0 Å². The lowest BCUT2D eigenvalue weighted by molar-refractivity contribution is 0.332. The summed E-state index contributed by atoms with van der Waals surface area (Å²) in [6.07, 6.45) is 5.65. The fourth-order valence-corrected chi connectivity index (χ4v) is 3.23. The number of hydrogen-bond donors (Lipinski definition) is 0. The summed E-state index contributed by atoms with van der Waals surface area (Å²) in [7, 11) is 0. The molecule has 0 spiro atoms. The van der Waals surface area contributed by atoms with E-state index in [1.807, 2.05) is 0 Å². The minimum atomic E-state index is 0.735. The van der Waals surface area contributed by atoms with Crippen molar-refractivity contribution in [3.8, 4) is 0 Å². The van der Waals surface area contributed by atoms with Gasteiger partial charge in [-0.3, -0.25) is 0 Å². The monoisotopic (exact) mass is 232 g/mol. The lowest BCUT2D eigenvalue weighted by atomic mass is 9.88. The third-order valence-corrected chi connectivity index (χ3v) is 4.48. The van der Waals surface area contributed by atoms with E-state index in [0.29, 0.717) is 0 Å². The second-order valence-corrected chi connectivity index (χ2v) is 5.14. The van der Waals surface area contributed by atoms with Crippen LogP contribution in [0.1, 0.15) is 46.5 Å². The van der Waals surface area contributed by atoms with Crippen LogP contribution >= 0.6 is 15.9 Å². The summed E-state index contributed by atoms with van der Waals surface area (Å²) in [6.45, 7) is 7.05. The van der Waals surface area contributed by atoms with Crippen LogP contribution in [0.25, 0.3) is 0 Å². The second kappa shape index (κ2) is 4.13. The van der Waals surface area contributed by atoms with E-state index >= 15 is 0 Å². The maximum absolute atomic E-state index is 3.60. The lowest BCUT2D eigenvalue weighted by Gasteiger charge is -2.18. The highest BCUT2D eigenvalue weighted by atomic mass is 79.9. The maximum atomic E-state index is 3.60. The van der Waals surface area contributed by atoms with Gasteiger partial charge >= 0.3 is 0 Å². The average molecular weight is 233 g/mol. The molecule has 0 bridgehead atoms. The highest BCUT2D eigenvalue weighted by molar-refractivity contribution is 9.09. The van der Waals surface area contributed by atoms with Crippen LogP contribution in [-0.2, 0) is 0 Å². The first-order valence-corrected chi connectivity index (χ1v) is 6.36. The second-order valence-electron chi connectivity index (χ2n) is 4.49. The van der Waals surface area contributed by atoms with Crippen molar-refractivity contribution in [2.75, 3.05) is 5.33 Å². The van der Waals surface area contributed by atoms with Crippen molar-refractivity contribution in [1.29, 1.82) is 0 Å². The van der Waals surface area contributed by atoms with Gasteiger partial charge in [-0.1, -0.05) is 49.5 Å². The van der Waals surface area contributed by atoms with Crippen LogP contribution in [0.5, 0.6) is 0 Å². The average Bonchev–Trinajstić information content (AvgIpc) is 2.79. The van der Waals surface area contributed by atoms with Crippen LogP contribution in [0.3, 0.4) is 0 Å². The van der Waals surface area contributed by atoms with Gasteiger partial charge in [-0.15, -0.1) is 0 Å². The molecule has 0 aliphatic heterocycles. The van der Waals surface area contributed by atoms with Crippen molar-refractivity contribution < 1.29 is 0 Å². The van der Waals surface area contributed by atoms with Crippen LogP contribution in [0.15, 0.2) is 0 Å². The Kier molecular flexibility index (Phi) is 3.63. The summed E-state index contributed by atoms with van der Waals surface area (Å²) in [5, 5.41) is 1.22. The maximum Gasteiger partial charge on any atom is 0.00651 e. The fourth-order valence-electron chi connectivity index (χ4n) is 2.32. The Labute approximate surface area is 85.3 Å². The van der Waals surface area contributed by atoms with Gasteiger partial charge in [-0.05, 0) is 30.1 Å². The number of rotatable bonds is 5. The third-order valence-electron chi connectivity index (χ3n) is 3.70. The normalized spacial score (nSPS) is 36.5. The molecule has 0 radical (unpaired) electrons. The quantitative estimate of drug-likeness (QED) is 0.623. The van der Waals surface area contributed by atoms with Crippen LogP contribution < -0.4 is 0 Å². The van der Waals surface area contributed by atoms with Gasteiger partial charge in [-0.2, -0.15) is 0 Å².